The molecule has 22 heteroatoms. The first-order valence-corrected chi connectivity index (χ1v) is 32.2. The number of benzene rings is 3. The van der Waals surface area contributed by atoms with Gasteiger partial charge in [-0.05, 0) is 155 Å². The van der Waals surface area contributed by atoms with Crippen LogP contribution in [0.1, 0.15) is 111 Å². The number of amides is 1. The molecule has 4 saturated heterocycles. The fraction of sp³-hybridized carbons (Fsp3) is 0.516. The predicted molar refractivity (Wildman–Crippen MR) is 328 cm³/mol. The van der Waals surface area contributed by atoms with Crippen molar-refractivity contribution in [2.24, 2.45) is 11.3 Å². The van der Waals surface area contributed by atoms with E-state index < -0.39 is 43.1 Å². The average Bonchev–Trinajstić information content (AvgIpc) is 1.16. The average molecular weight is 1190 g/mol. The first-order chi connectivity index (χ1) is 41.5. The number of ether oxygens (including phenoxy) is 4. The van der Waals surface area contributed by atoms with Crippen molar-refractivity contribution in [3.63, 3.8) is 0 Å². The Morgan fingerprint density at radius 3 is 2.48 bits per heavy atom. The number of hydrogen-bond donors (Lipinski definition) is 4. The number of aryl methyl sites for hydroxylation is 1. The van der Waals surface area contributed by atoms with Crippen molar-refractivity contribution in [2.45, 2.75) is 119 Å². The molecule has 6 fully saturated rings. The van der Waals surface area contributed by atoms with Crippen molar-refractivity contribution in [1.82, 2.24) is 29.5 Å². The maximum absolute atomic E-state index is 14.9. The number of carbonyl (C=O) groups is 1. The third-order valence-electron chi connectivity index (χ3n) is 20.0. The van der Waals surface area contributed by atoms with Crippen LogP contribution < -0.4 is 34.2 Å². The number of hydrogen-bond acceptors (Lipinski definition) is 18. The lowest BCUT2D eigenvalue weighted by Gasteiger charge is -2.58. The van der Waals surface area contributed by atoms with Crippen LogP contribution >= 0.6 is 0 Å². The number of aromatic amines is 1. The van der Waals surface area contributed by atoms with Crippen molar-refractivity contribution in [3.05, 3.63) is 124 Å². The molecule has 86 heavy (non-hydrogen) atoms. The topological polar surface area (TPSA) is 233 Å². The van der Waals surface area contributed by atoms with E-state index in [-0.39, 0.29) is 40.7 Å². The number of sulfonamides is 1. The smallest absolute Gasteiger partial charge is 0.293 e. The van der Waals surface area contributed by atoms with Crippen LogP contribution in [0, 0.1) is 28.4 Å². The fourth-order valence-electron chi connectivity index (χ4n) is 14.8. The molecule has 6 aromatic rings. The van der Waals surface area contributed by atoms with Gasteiger partial charge in [0.25, 0.3) is 21.6 Å². The van der Waals surface area contributed by atoms with Gasteiger partial charge >= 0.3 is 0 Å². The quantitative estimate of drug-likeness (QED) is 0.0554. The molecule has 4 atom stereocenters. The summed E-state index contributed by atoms with van der Waals surface area (Å²) in [6, 6.07) is 24.7. The van der Waals surface area contributed by atoms with Gasteiger partial charge in [-0.2, -0.15) is 4.98 Å². The molecule has 13 rings (SSSR count). The third kappa shape index (κ3) is 11.4. The summed E-state index contributed by atoms with van der Waals surface area (Å²) in [5.74, 6) is 1.33. The molecule has 4 N–H and O–H groups in total. The van der Waals surface area contributed by atoms with E-state index in [1.807, 2.05) is 43.6 Å². The fourth-order valence-corrected chi connectivity index (χ4v) is 15.7. The first-order valence-electron chi connectivity index (χ1n) is 30.7. The maximum Gasteiger partial charge on any atom is 0.293 e. The van der Waals surface area contributed by atoms with Gasteiger partial charge in [0, 0.05) is 107 Å². The molecule has 456 valence electrons. The number of morpholine rings is 1. The summed E-state index contributed by atoms with van der Waals surface area (Å²) >= 11 is 0. The van der Waals surface area contributed by atoms with Gasteiger partial charge in [0.05, 0.1) is 59.6 Å². The van der Waals surface area contributed by atoms with Crippen molar-refractivity contribution >= 4 is 61.2 Å². The van der Waals surface area contributed by atoms with Gasteiger partial charge in [-0.1, -0.05) is 24.3 Å². The van der Waals surface area contributed by atoms with Crippen molar-refractivity contribution in [2.75, 3.05) is 106 Å². The molecule has 2 aliphatic carbocycles. The number of pyridine rings is 2. The van der Waals surface area contributed by atoms with Crippen molar-refractivity contribution in [1.29, 1.82) is 0 Å². The zero-order valence-corrected chi connectivity index (χ0v) is 50.4. The molecule has 8 heterocycles. The highest BCUT2D eigenvalue weighted by molar-refractivity contribution is 7.90. The Hall–Kier alpha value is -7.08. The third-order valence-corrected chi connectivity index (χ3v) is 21.3. The van der Waals surface area contributed by atoms with Crippen molar-refractivity contribution in [3.8, 4) is 11.6 Å². The summed E-state index contributed by atoms with van der Waals surface area (Å²) in [6.45, 7) is 14.8. The van der Waals surface area contributed by atoms with Gasteiger partial charge in [-0.25, -0.2) is 18.1 Å². The molecule has 3 aromatic heterocycles. The molecule has 3 aromatic carbocycles. The van der Waals surface area contributed by atoms with E-state index in [0.29, 0.717) is 81.2 Å². The normalized spacial score (nSPS) is 25.0. The minimum atomic E-state index is -4.65. The summed E-state index contributed by atoms with van der Waals surface area (Å²) in [5.41, 5.74) is 5.81. The van der Waals surface area contributed by atoms with Gasteiger partial charge in [0.15, 0.2) is 11.6 Å². The second-order valence-electron chi connectivity index (χ2n) is 25.3. The second-order valence-corrected chi connectivity index (χ2v) is 27.0. The number of piperidine rings is 1. The molecule has 0 unspecified atom stereocenters. The lowest BCUT2D eigenvalue weighted by Crippen LogP contribution is -2.60. The Kier molecular flexibility index (Phi) is 15.9. The van der Waals surface area contributed by atoms with E-state index in [1.165, 1.54) is 23.3 Å². The highest BCUT2D eigenvalue weighted by Gasteiger charge is 2.51. The van der Waals surface area contributed by atoms with Gasteiger partial charge in [0.2, 0.25) is 5.88 Å². The van der Waals surface area contributed by atoms with Crippen molar-refractivity contribution < 1.29 is 42.2 Å². The lowest BCUT2D eigenvalue weighted by molar-refractivity contribution is -0.384. The molecule has 2 saturated carbocycles. The molecular formula is C64H79N11O10S. The first kappa shape index (κ1) is 58.0. The zero-order valence-electron chi connectivity index (χ0n) is 49.6. The van der Waals surface area contributed by atoms with E-state index >= 15 is 0 Å². The molecule has 21 nitrogen and oxygen atoms in total. The van der Waals surface area contributed by atoms with E-state index in [9.17, 15) is 28.4 Å². The Morgan fingerprint density at radius 1 is 0.919 bits per heavy atom. The van der Waals surface area contributed by atoms with Gasteiger partial charge in [0.1, 0.15) is 23.1 Å². The molecular weight excluding hydrogens is 1110 g/mol. The van der Waals surface area contributed by atoms with E-state index in [4.69, 9.17) is 28.9 Å². The number of H-pyrrole nitrogens is 1. The largest absolute Gasteiger partial charge is 0.493 e. The van der Waals surface area contributed by atoms with E-state index in [2.05, 4.69) is 83.7 Å². The van der Waals surface area contributed by atoms with Crippen LogP contribution in [0.5, 0.6) is 11.6 Å². The van der Waals surface area contributed by atoms with E-state index in [0.717, 1.165) is 119 Å². The van der Waals surface area contributed by atoms with Crippen LogP contribution in [0.2, 0.25) is 0 Å². The number of aromatic nitrogens is 3. The number of nitrogens with one attached hydrogen (secondary N) is 3. The molecule has 0 radical (unpaired) electrons. The SMILES string of the molecule is COc1cc([C@H](C)N2CCN(C3CC4(CCN(c5ccc(C(=O)NS(=O)(=O)c6ccc(NC[C@H]7CC[C@](C)(O)CC7)c([N+](=O)[O-])c6)c(N6c7cc8cc[nH]c8nc7O[C@H]7COCC[C@@H]76)c5)CC4)C3)[C@H](c3ccccc3C)C2)cnc1N1CCOCC1. The van der Waals surface area contributed by atoms with E-state index in [1.54, 1.807) is 13.2 Å². The van der Waals surface area contributed by atoms with Crippen LogP contribution in [0.15, 0.2) is 96.2 Å². The Labute approximate surface area is 502 Å². The summed E-state index contributed by atoms with van der Waals surface area (Å²) in [6.07, 6.45) is 11.0. The predicted octanol–water partition coefficient (Wildman–Crippen LogP) is 9.05. The lowest BCUT2D eigenvalue weighted by atomic mass is 9.59. The zero-order chi connectivity index (χ0) is 59.5. The van der Waals surface area contributed by atoms with Crippen LogP contribution in [0.3, 0.4) is 0 Å². The number of aliphatic hydroxyl groups is 1. The highest BCUT2D eigenvalue weighted by Crippen LogP contribution is 2.54. The Bertz CT molecular complexity index is 3610. The molecule has 0 bridgehead atoms. The number of methoxy groups -OCH3 is 1. The molecule has 5 aliphatic heterocycles. The van der Waals surface area contributed by atoms with Gasteiger partial charge < -0.3 is 49.1 Å². The Morgan fingerprint density at radius 2 is 1.71 bits per heavy atom. The van der Waals surface area contributed by atoms with Crippen LogP contribution in [-0.2, 0) is 19.5 Å². The number of nitro groups is 1. The van der Waals surface area contributed by atoms with Crippen LogP contribution in [-0.4, -0.2) is 159 Å². The minimum Gasteiger partial charge on any atom is -0.493 e. The number of rotatable bonds is 15. The number of carbonyl (C=O) groups excluding carboxylic acids is 1. The summed E-state index contributed by atoms with van der Waals surface area (Å²) in [7, 11) is -2.92. The standard InChI is InChI=1S/C64H79N11O10S/c1-41-7-5-6-8-49(41)56-39-72(42(2)45-32-57(82-4)60(67-38-45)71-26-29-83-30-27-71)24-25-73(56)47-35-64(36-47)19-22-70(23-20-64)46-9-11-50(53(33-46)74-52-16-28-84-40-58(52)85-62-55(74)31-44-15-21-65-59(44)68-62)61(76)69-86(80,81)48-10-12-51(54(34-48)75(78)79)66-37-43-13-17-63(3,77)18-14-43/h5-12,15,21,31-34,38,42-43,47,52,56,58,66,77H,13-14,16-20,22-30,35-37,39-40H2,1-4H3,(H,65,68)(H,69,76)/t42-,43-,52-,56-,58-,63-/m0/s1. The number of nitrogens with zero attached hydrogens (tertiary/aromatic N) is 8. The summed E-state index contributed by atoms with van der Waals surface area (Å²) in [5, 5.41) is 26.9. The van der Waals surface area contributed by atoms with Gasteiger partial charge in [-0.3, -0.25) is 24.7 Å². The number of fused-ring (bicyclic) bond motifs is 3. The molecule has 1 amide bonds. The molecule has 7 aliphatic rings. The molecule has 1 spiro atoms. The van der Waals surface area contributed by atoms with Crippen LogP contribution in [0.4, 0.5) is 34.3 Å². The second kappa shape index (κ2) is 23.5. The Balaban J connectivity index is 0.740. The summed E-state index contributed by atoms with van der Waals surface area (Å²) in [4.78, 5) is 51.4. The minimum absolute atomic E-state index is 0.106. The van der Waals surface area contributed by atoms with Gasteiger partial charge in [-0.15, -0.1) is 0 Å². The maximum atomic E-state index is 14.9. The number of piperazine rings is 1. The summed E-state index contributed by atoms with van der Waals surface area (Å²) < 4.78 is 55.0. The number of anilines is 5. The monoisotopic (exact) mass is 1190 g/mol. The highest BCUT2D eigenvalue weighted by atomic mass is 32.2. The number of nitro benzene ring substituents is 1. The van der Waals surface area contributed by atoms with Crippen LogP contribution in [0.25, 0.3) is 11.0 Å².